The lowest BCUT2D eigenvalue weighted by atomic mass is 10.2. The van der Waals surface area contributed by atoms with Gasteiger partial charge < -0.3 is 14.2 Å². The maximum atomic E-state index is 11.2. The third-order valence-electron chi connectivity index (χ3n) is 5.06. The van der Waals surface area contributed by atoms with Gasteiger partial charge >= 0.3 is 0 Å². The Morgan fingerprint density at radius 3 is 1.44 bits per heavy atom. The van der Waals surface area contributed by atoms with E-state index in [-0.39, 0.29) is 21.3 Å². The molecule has 0 unspecified atom stereocenters. The molecule has 0 aliphatic carbocycles. The van der Waals surface area contributed by atoms with Gasteiger partial charge in [0.1, 0.15) is 27.0 Å². The minimum atomic E-state index is -3.83. The van der Waals surface area contributed by atoms with Crippen molar-refractivity contribution in [2.75, 3.05) is 19.8 Å². The lowest BCUT2D eigenvalue weighted by molar-refractivity contribution is 0.330. The van der Waals surface area contributed by atoms with Crippen LogP contribution in [-0.2, 0) is 19.1 Å². The van der Waals surface area contributed by atoms with E-state index in [1.54, 1.807) is 39.8 Å². The maximum absolute atomic E-state index is 11.2. The Hall–Kier alpha value is -1.92. The highest BCUT2D eigenvalue weighted by Crippen LogP contribution is 2.32. The second-order valence-electron chi connectivity index (χ2n) is 8.29. The molecule has 0 saturated carbocycles. The summed E-state index contributed by atoms with van der Waals surface area (Å²) >= 11 is 17.5. The molecule has 3 rings (SSSR count). The molecule has 0 saturated heterocycles. The van der Waals surface area contributed by atoms with Crippen LogP contribution in [0.5, 0.6) is 17.2 Å². The van der Waals surface area contributed by atoms with Crippen molar-refractivity contribution in [1.29, 1.82) is 0 Å². The standard InChI is InChI=1S/C9H10Cl2O3S.C9H12ClNO3S.C9H11ClO/c2*1-3-14-8-4-6(2)7(10)5-9(8)15(11,12)13;1-3-11-8-4-5-9(10)7(2)6-8/h4-5H,3H2,1-2H3;4-5H,3H2,1-2H3,(H2,11,12,13);4-6H,3H2,1-2H3. The van der Waals surface area contributed by atoms with Gasteiger partial charge in [0.05, 0.1) is 19.8 Å². The average Bonchev–Trinajstić information content (AvgIpc) is 2.86. The fourth-order valence-electron chi connectivity index (χ4n) is 3.10. The first-order chi connectivity index (χ1) is 19.0. The Balaban J connectivity index is 0.000000312. The number of halogens is 4. The van der Waals surface area contributed by atoms with Crippen LogP contribution >= 0.6 is 45.5 Å². The molecular formula is C27H33Cl4NO7S2. The fraction of sp³-hybridized carbons (Fsp3) is 0.333. The molecule has 41 heavy (non-hydrogen) atoms. The topological polar surface area (TPSA) is 122 Å². The van der Waals surface area contributed by atoms with Gasteiger partial charge in [-0.25, -0.2) is 22.0 Å². The number of hydrogen-bond acceptors (Lipinski definition) is 7. The largest absolute Gasteiger partial charge is 0.494 e. The van der Waals surface area contributed by atoms with E-state index in [4.69, 9.17) is 64.8 Å². The molecule has 14 heteroatoms. The molecule has 0 fully saturated rings. The van der Waals surface area contributed by atoms with E-state index in [0.29, 0.717) is 29.9 Å². The van der Waals surface area contributed by atoms with Crippen LogP contribution in [0.3, 0.4) is 0 Å². The van der Waals surface area contributed by atoms with Crippen LogP contribution in [0.1, 0.15) is 37.5 Å². The van der Waals surface area contributed by atoms with E-state index in [1.165, 1.54) is 12.1 Å². The molecule has 0 amide bonds. The van der Waals surface area contributed by atoms with E-state index < -0.39 is 19.1 Å². The number of sulfonamides is 1. The number of primary sulfonamides is 1. The molecule has 0 bridgehead atoms. The van der Waals surface area contributed by atoms with Gasteiger partial charge in [0.15, 0.2) is 0 Å². The summed E-state index contributed by atoms with van der Waals surface area (Å²) < 4.78 is 60.5. The first-order valence-corrected chi connectivity index (χ1v) is 17.2. The highest BCUT2D eigenvalue weighted by molar-refractivity contribution is 8.13. The van der Waals surface area contributed by atoms with Crippen molar-refractivity contribution in [3.63, 3.8) is 0 Å². The molecule has 2 N–H and O–H groups in total. The number of hydrogen-bond donors (Lipinski definition) is 1. The van der Waals surface area contributed by atoms with Crippen LogP contribution in [-0.4, -0.2) is 36.7 Å². The number of aryl methyl sites for hydroxylation is 3. The summed E-state index contributed by atoms with van der Waals surface area (Å²) in [5.41, 5.74) is 2.54. The molecule has 3 aromatic carbocycles. The van der Waals surface area contributed by atoms with Gasteiger partial charge in [0.25, 0.3) is 9.05 Å². The summed E-state index contributed by atoms with van der Waals surface area (Å²) in [7, 11) is -2.38. The zero-order valence-corrected chi connectivity index (χ0v) is 28.1. The van der Waals surface area contributed by atoms with Crippen LogP contribution in [0.15, 0.2) is 52.3 Å². The SMILES string of the molecule is CCOc1cc(C)c(Cl)cc1S(=O)(=O)Cl.CCOc1cc(C)c(Cl)cc1S(N)(=O)=O.CCOc1ccc(Cl)c(C)c1. The van der Waals surface area contributed by atoms with Crippen LogP contribution in [0.2, 0.25) is 15.1 Å². The van der Waals surface area contributed by atoms with Gasteiger partial charge in [-0.1, -0.05) is 34.8 Å². The third kappa shape index (κ3) is 12.1. The predicted octanol–water partition coefficient (Wildman–Crippen LogP) is 7.72. The Morgan fingerprint density at radius 1 is 0.634 bits per heavy atom. The summed E-state index contributed by atoms with van der Waals surface area (Å²) in [5.74, 6) is 1.35. The second kappa shape index (κ2) is 16.6. The fourth-order valence-corrected chi connectivity index (χ4v) is 5.33. The van der Waals surface area contributed by atoms with Gasteiger partial charge in [-0.15, -0.1) is 0 Å². The Kier molecular flexibility index (Phi) is 15.1. The Labute approximate surface area is 262 Å². The zero-order chi connectivity index (χ0) is 31.5. The van der Waals surface area contributed by atoms with E-state index >= 15 is 0 Å². The van der Waals surface area contributed by atoms with Crippen molar-refractivity contribution in [1.82, 2.24) is 0 Å². The van der Waals surface area contributed by atoms with Gasteiger partial charge in [0.2, 0.25) is 10.0 Å². The van der Waals surface area contributed by atoms with Crippen molar-refractivity contribution in [2.24, 2.45) is 5.14 Å². The van der Waals surface area contributed by atoms with E-state index in [0.717, 1.165) is 27.5 Å². The molecule has 3 aromatic rings. The zero-order valence-electron chi connectivity index (χ0n) is 23.4. The number of ether oxygens (including phenoxy) is 3. The number of rotatable bonds is 8. The number of nitrogens with two attached hydrogens (primary N) is 1. The molecule has 0 atom stereocenters. The summed E-state index contributed by atoms with van der Waals surface area (Å²) in [6.45, 7) is 12.4. The van der Waals surface area contributed by atoms with Crippen LogP contribution < -0.4 is 19.3 Å². The third-order valence-corrected chi connectivity index (χ3v) is 8.57. The maximum Gasteiger partial charge on any atom is 0.265 e. The summed E-state index contributed by atoms with van der Waals surface area (Å²) in [4.78, 5) is -0.179. The quantitative estimate of drug-likeness (QED) is 0.241. The molecule has 228 valence electrons. The molecule has 0 aliphatic heterocycles. The molecule has 0 aromatic heterocycles. The highest BCUT2D eigenvalue weighted by atomic mass is 35.7. The predicted molar refractivity (Wildman–Crippen MR) is 166 cm³/mol. The first-order valence-electron chi connectivity index (χ1n) is 12.2. The molecule has 0 aliphatic rings. The van der Waals surface area contributed by atoms with Gasteiger partial charge in [0, 0.05) is 25.8 Å². The Bertz CT molecular complexity index is 1460. The smallest absolute Gasteiger partial charge is 0.265 e. The van der Waals surface area contributed by atoms with Crippen molar-refractivity contribution in [2.45, 2.75) is 51.3 Å². The van der Waals surface area contributed by atoms with Crippen LogP contribution in [0.25, 0.3) is 0 Å². The van der Waals surface area contributed by atoms with Gasteiger partial charge in [-0.05, 0) is 101 Å². The van der Waals surface area contributed by atoms with Crippen LogP contribution in [0.4, 0.5) is 0 Å². The van der Waals surface area contributed by atoms with Crippen molar-refractivity contribution < 1.29 is 31.0 Å². The van der Waals surface area contributed by atoms with Crippen molar-refractivity contribution in [3.05, 3.63) is 74.2 Å². The van der Waals surface area contributed by atoms with Gasteiger partial charge in [-0.2, -0.15) is 0 Å². The number of benzene rings is 3. The normalized spacial score (nSPS) is 11.0. The summed E-state index contributed by atoms with van der Waals surface area (Å²) in [6.07, 6.45) is 0. The lowest BCUT2D eigenvalue weighted by Crippen LogP contribution is -2.14. The van der Waals surface area contributed by atoms with E-state index in [9.17, 15) is 16.8 Å². The van der Waals surface area contributed by atoms with E-state index in [1.807, 2.05) is 32.0 Å². The molecule has 0 spiro atoms. The molecule has 0 radical (unpaired) electrons. The first kappa shape index (κ1) is 37.1. The second-order valence-corrected chi connectivity index (χ2v) is 13.6. The van der Waals surface area contributed by atoms with E-state index in [2.05, 4.69) is 0 Å². The highest BCUT2D eigenvalue weighted by Gasteiger charge is 2.19. The van der Waals surface area contributed by atoms with Crippen molar-refractivity contribution >= 4 is 64.6 Å². The minimum absolute atomic E-state index is 0.0834. The molecule has 0 heterocycles. The lowest BCUT2D eigenvalue weighted by Gasteiger charge is -2.10. The molecular weight excluding hydrogens is 656 g/mol. The monoisotopic (exact) mass is 687 g/mol. The summed E-state index contributed by atoms with van der Waals surface area (Å²) in [5, 5.41) is 6.52. The van der Waals surface area contributed by atoms with Crippen molar-refractivity contribution in [3.8, 4) is 17.2 Å². The average molecular weight is 690 g/mol. The van der Waals surface area contributed by atoms with Gasteiger partial charge in [-0.3, -0.25) is 0 Å². The van der Waals surface area contributed by atoms with Crippen LogP contribution in [0, 0.1) is 20.8 Å². The molecule has 8 nitrogen and oxygen atoms in total. The summed E-state index contributed by atoms with van der Waals surface area (Å²) in [6, 6.07) is 11.4. The Morgan fingerprint density at radius 2 is 1.05 bits per heavy atom. The minimum Gasteiger partial charge on any atom is -0.494 e.